The van der Waals surface area contributed by atoms with E-state index in [1.54, 1.807) is 6.92 Å². The summed E-state index contributed by atoms with van der Waals surface area (Å²) in [5.74, 6) is 0. The zero-order chi connectivity index (χ0) is 11.9. The quantitative estimate of drug-likeness (QED) is 0.439. The molecule has 0 saturated heterocycles. The van der Waals surface area contributed by atoms with Crippen LogP contribution >= 0.6 is 0 Å². The molecule has 0 saturated carbocycles. The Morgan fingerprint density at radius 2 is 1.69 bits per heavy atom. The van der Waals surface area contributed by atoms with Crippen LogP contribution < -0.4 is 51.4 Å². The molecule has 0 aromatic rings. The van der Waals surface area contributed by atoms with Gasteiger partial charge in [0.15, 0.2) is 0 Å². The molecule has 4 nitrogen and oxygen atoms in total. The van der Waals surface area contributed by atoms with E-state index in [1.165, 1.54) is 0 Å². The maximum Gasteiger partial charge on any atom is 1.00 e. The molecule has 6 heteroatoms. The Bertz CT molecular complexity index is 252. The summed E-state index contributed by atoms with van der Waals surface area (Å²) in [5.41, 5.74) is 0. The van der Waals surface area contributed by atoms with Crippen molar-refractivity contribution in [2.45, 2.75) is 63.7 Å². The molecule has 0 spiro atoms. The van der Waals surface area contributed by atoms with Crippen molar-refractivity contribution >= 4 is 10.1 Å². The van der Waals surface area contributed by atoms with Crippen molar-refractivity contribution in [2.24, 2.45) is 0 Å². The van der Waals surface area contributed by atoms with Crippen LogP contribution in [-0.4, -0.2) is 29.4 Å². The summed E-state index contributed by atoms with van der Waals surface area (Å²) >= 11 is 0. The third kappa shape index (κ3) is 10.6. The van der Waals surface area contributed by atoms with Gasteiger partial charge in [-0.15, -0.1) is 0 Å². The molecule has 0 bridgehead atoms. The fourth-order valence-electron chi connectivity index (χ4n) is 1.51. The summed E-state index contributed by atoms with van der Waals surface area (Å²) in [4.78, 5) is 0. The fourth-order valence-corrected chi connectivity index (χ4v) is 2.42. The van der Waals surface area contributed by atoms with Crippen molar-refractivity contribution in [3.63, 3.8) is 0 Å². The van der Waals surface area contributed by atoms with Crippen LogP contribution in [0.4, 0.5) is 0 Å². The molecule has 92 valence electrons. The van der Waals surface area contributed by atoms with Gasteiger partial charge in [0.05, 0.1) is 16.2 Å². The molecule has 0 aliphatic heterocycles. The number of aliphatic hydroxyl groups excluding tert-OH is 1. The van der Waals surface area contributed by atoms with Crippen molar-refractivity contribution < 1.29 is 69.5 Å². The first kappa shape index (κ1) is 19.8. The molecular formula is C10H21KO4S. The molecule has 0 rings (SSSR count). The van der Waals surface area contributed by atoms with Gasteiger partial charge in [-0.2, -0.15) is 0 Å². The summed E-state index contributed by atoms with van der Waals surface area (Å²) in [6, 6.07) is 0. The van der Waals surface area contributed by atoms with E-state index in [2.05, 4.69) is 0 Å². The van der Waals surface area contributed by atoms with E-state index in [0.29, 0.717) is 25.7 Å². The molecule has 0 amide bonds. The second kappa shape index (κ2) is 10.4. The van der Waals surface area contributed by atoms with E-state index >= 15 is 0 Å². The van der Waals surface area contributed by atoms with Gasteiger partial charge in [0.2, 0.25) is 0 Å². The van der Waals surface area contributed by atoms with Gasteiger partial charge in [0, 0.05) is 5.25 Å². The third-order valence-electron chi connectivity index (χ3n) is 2.44. The number of rotatable bonds is 8. The Labute approximate surface area is 141 Å². The Balaban J connectivity index is 0. The first-order valence-corrected chi connectivity index (χ1v) is 6.97. The molecule has 2 unspecified atom stereocenters. The molecule has 0 heterocycles. The summed E-state index contributed by atoms with van der Waals surface area (Å²) in [6.45, 7) is 3.62. The van der Waals surface area contributed by atoms with Gasteiger partial charge in [0.25, 0.3) is 0 Å². The minimum Gasteiger partial charge on any atom is -0.748 e. The van der Waals surface area contributed by atoms with Crippen LogP contribution in [0.25, 0.3) is 0 Å². The zero-order valence-corrected chi connectivity index (χ0v) is 14.4. The average Bonchev–Trinajstić information content (AvgIpc) is 2.08. The molecule has 0 fully saturated rings. The van der Waals surface area contributed by atoms with Gasteiger partial charge in [0.1, 0.15) is 0 Å². The monoisotopic (exact) mass is 276 g/mol. The molecule has 0 aromatic carbocycles. The summed E-state index contributed by atoms with van der Waals surface area (Å²) in [7, 11) is -4.17. The SMILES string of the molecule is CCCCC(CCCC(C)O)S(=O)(=O)[O-].[K+]. The van der Waals surface area contributed by atoms with Gasteiger partial charge in [-0.25, -0.2) is 8.42 Å². The molecule has 2 atom stereocenters. The number of hydrogen-bond donors (Lipinski definition) is 1. The van der Waals surface area contributed by atoms with Crippen LogP contribution in [0.1, 0.15) is 52.4 Å². The zero-order valence-electron chi connectivity index (χ0n) is 10.5. The van der Waals surface area contributed by atoms with E-state index in [4.69, 9.17) is 5.11 Å². The van der Waals surface area contributed by atoms with Crippen LogP contribution in [0.2, 0.25) is 0 Å². The van der Waals surface area contributed by atoms with Crippen molar-refractivity contribution in [2.75, 3.05) is 0 Å². The maximum absolute atomic E-state index is 10.9. The Morgan fingerprint density at radius 1 is 1.19 bits per heavy atom. The number of hydrogen-bond acceptors (Lipinski definition) is 4. The van der Waals surface area contributed by atoms with E-state index < -0.39 is 21.5 Å². The van der Waals surface area contributed by atoms with Crippen LogP contribution in [0.15, 0.2) is 0 Å². The van der Waals surface area contributed by atoms with Crippen molar-refractivity contribution in [3.05, 3.63) is 0 Å². The van der Waals surface area contributed by atoms with Crippen LogP contribution in [-0.2, 0) is 10.1 Å². The summed E-state index contributed by atoms with van der Waals surface area (Å²) < 4.78 is 32.7. The van der Waals surface area contributed by atoms with Crippen molar-refractivity contribution in [1.82, 2.24) is 0 Å². The van der Waals surface area contributed by atoms with Gasteiger partial charge in [-0.3, -0.25) is 0 Å². The van der Waals surface area contributed by atoms with E-state index in [-0.39, 0.29) is 51.4 Å². The average molecular weight is 276 g/mol. The van der Waals surface area contributed by atoms with Gasteiger partial charge in [-0.1, -0.05) is 19.8 Å². The van der Waals surface area contributed by atoms with E-state index in [9.17, 15) is 13.0 Å². The molecule has 0 radical (unpaired) electrons. The Hall–Kier alpha value is 1.51. The minimum absolute atomic E-state index is 0. The summed E-state index contributed by atoms with van der Waals surface area (Å²) in [6.07, 6.45) is 3.19. The van der Waals surface area contributed by atoms with Crippen molar-refractivity contribution in [3.8, 4) is 0 Å². The first-order valence-electron chi connectivity index (χ1n) is 5.50. The second-order valence-corrected chi connectivity index (χ2v) is 5.69. The molecular weight excluding hydrogens is 255 g/mol. The van der Waals surface area contributed by atoms with Crippen LogP contribution in [0, 0.1) is 0 Å². The topological polar surface area (TPSA) is 77.4 Å². The first-order chi connectivity index (χ1) is 6.88. The smallest absolute Gasteiger partial charge is 0.748 e. The van der Waals surface area contributed by atoms with Crippen LogP contribution in [0.5, 0.6) is 0 Å². The maximum atomic E-state index is 10.9. The minimum atomic E-state index is -4.17. The molecule has 0 aromatic heterocycles. The predicted octanol–water partition coefficient (Wildman–Crippen LogP) is -1.35. The van der Waals surface area contributed by atoms with E-state index in [1.807, 2.05) is 6.92 Å². The largest absolute Gasteiger partial charge is 1.00 e. The third-order valence-corrected chi connectivity index (χ3v) is 3.72. The Kier molecular flexibility index (Phi) is 12.9. The second-order valence-electron chi connectivity index (χ2n) is 4.04. The molecule has 16 heavy (non-hydrogen) atoms. The fraction of sp³-hybridized carbons (Fsp3) is 1.00. The van der Waals surface area contributed by atoms with E-state index in [0.717, 1.165) is 12.8 Å². The Morgan fingerprint density at radius 3 is 2.06 bits per heavy atom. The van der Waals surface area contributed by atoms with Crippen molar-refractivity contribution in [1.29, 1.82) is 0 Å². The number of unbranched alkanes of at least 4 members (excludes halogenated alkanes) is 1. The molecule has 0 aliphatic carbocycles. The number of aliphatic hydroxyl groups is 1. The van der Waals surface area contributed by atoms with Gasteiger partial charge >= 0.3 is 51.4 Å². The predicted molar refractivity (Wildman–Crippen MR) is 58.5 cm³/mol. The van der Waals surface area contributed by atoms with Gasteiger partial charge < -0.3 is 9.66 Å². The normalized spacial score (nSPS) is 15.2. The molecule has 1 N–H and O–H groups in total. The summed E-state index contributed by atoms with van der Waals surface area (Å²) in [5, 5.41) is 8.25. The van der Waals surface area contributed by atoms with Gasteiger partial charge in [-0.05, 0) is 32.6 Å². The standard InChI is InChI=1S/C10H22O4S.K/c1-3-4-7-10(15(12,13)14)8-5-6-9(2)11;/h9-11H,3-8H2,1-2H3,(H,12,13,14);/q;+1/p-1. The van der Waals surface area contributed by atoms with Crippen LogP contribution in [0.3, 0.4) is 0 Å². The molecule has 0 aliphatic rings.